The summed E-state index contributed by atoms with van der Waals surface area (Å²) >= 11 is 1.50. The van der Waals surface area contributed by atoms with E-state index in [4.69, 9.17) is 10.5 Å². The third-order valence-corrected chi connectivity index (χ3v) is 6.52. The average Bonchev–Trinajstić information content (AvgIpc) is 3.53. The lowest BCUT2D eigenvalue weighted by molar-refractivity contribution is 0.100. The summed E-state index contributed by atoms with van der Waals surface area (Å²) in [6.45, 7) is 3.95. The van der Waals surface area contributed by atoms with E-state index in [0.29, 0.717) is 18.4 Å². The number of benzene rings is 2. The van der Waals surface area contributed by atoms with Crippen molar-refractivity contribution in [3.8, 4) is 5.75 Å². The fourth-order valence-corrected chi connectivity index (χ4v) is 4.65. The highest BCUT2D eigenvalue weighted by Crippen LogP contribution is 2.30. The standard InChI is InChI=1S/C24H25N7O2S/c25-22(32)18-14-26-24(30-23(18)29-20-5-3-4-19-21(20)34-15-27-19)28-16-6-8-17(9-7-16)33-13-12-31-10-1-2-11-31/h3-9,14-15H,1-2,10-13H2,(H2,25,32)(H2,26,28,29,30). The number of ether oxygens (including phenoxy) is 1. The van der Waals surface area contributed by atoms with Crippen LogP contribution in [0.15, 0.2) is 54.2 Å². The molecule has 0 unspecified atom stereocenters. The number of nitrogens with two attached hydrogens (primary N) is 1. The second-order valence-electron chi connectivity index (χ2n) is 8.00. The number of rotatable bonds is 9. The molecule has 0 spiro atoms. The van der Waals surface area contributed by atoms with Crippen LogP contribution in [0.2, 0.25) is 0 Å². The average molecular weight is 476 g/mol. The Morgan fingerprint density at radius 2 is 1.91 bits per heavy atom. The summed E-state index contributed by atoms with van der Waals surface area (Å²) < 4.78 is 6.83. The van der Waals surface area contributed by atoms with Gasteiger partial charge in [0, 0.05) is 18.4 Å². The Kier molecular flexibility index (Phi) is 6.50. The fourth-order valence-electron chi connectivity index (χ4n) is 3.89. The maximum atomic E-state index is 12.0. The van der Waals surface area contributed by atoms with Crippen molar-refractivity contribution in [1.29, 1.82) is 0 Å². The van der Waals surface area contributed by atoms with Gasteiger partial charge in [-0.1, -0.05) is 6.07 Å². The minimum Gasteiger partial charge on any atom is -0.492 e. The second kappa shape index (κ2) is 10.0. The van der Waals surface area contributed by atoms with Crippen molar-refractivity contribution in [2.45, 2.75) is 12.8 Å². The molecule has 0 atom stereocenters. The van der Waals surface area contributed by atoms with E-state index >= 15 is 0 Å². The highest BCUT2D eigenvalue weighted by atomic mass is 32.1. The van der Waals surface area contributed by atoms with Gasteiger partial charge < -0.3 is 21.1 Å². The topological polar surface area (TPSA) is 118 Å². The molecule has 4 aromatic rings. The molecule has 34 heavy (non-hydrogen) atoms. The Hall–Kier alpha value is -3.76. The zero-order valence-electron chi connectivity index (χ0n) is 18.5. The van der Waals surface area contributed by atoms with Gasteiger partial charge in [0.25, 0.3) is 5.91 Å². The molecule has 1 aliphatic rings. The van der Waals surface area contributed by atoms with Gasteiger partial charge in [-0.25, -0.2) is 9.97 Å². The van der Waals surface area contributed by atoms with E-state index in [1.165, 1.54) is 30.4 Å². The summed E-state index contributed by atoms with van der Waals surface area (Å²) in [5, 5.41) is 6.39. The number of carbonyl (C=O) groups excluding carboxylic acids is 1. The van der Waals surface area contributed by atoms with Gasteiger partial charge in [-0.3, -0.25) is 9.69 Å². The smallest absolute Gasteiger partial charge is 0.254 e. The van der Waals surface area contributed by atoms with Crippen LogP contribution in [0, 0.1) is 0 Å². The van der Waals surface area contributed by atoms with Gasteiger partial charge in [0.1, 0.15) is 23.7 Å². The summed E-state index contributed by atoms with van der Waals surface area (Å²) in [5.74, 6) is 0.871. The van der Waals surface area contributed by atoms with Gasteiger partial charge in [0.15, 0.2) is 0 Å². The number of carbonyl (C=O) groups is 1. The van der Waals surface area contributed by atoms with Crippen LogP contribution in [-0.2, 0) is 0 Å². The first-order chi connectivity index (χ1) is 16.7. The fraction of sp³-hybridized carbons (Fsp3) is 0.250. The highest BCUT2D eigenvalue weighted by Gasteiger charge is 2.15. The minimum absolute atomic E-state index is 0.203. The molecule has 0 bridgehead atoms. The summed E-state index contributed by atoms with van der Waals surface area (Å²) in [7, 11) is 0. The number of fused-ring (bicyclic) bond motifs is 1. The number of nitrogens with one attached hydrogen (secondary N) is 2. The molecule has 2 aromatic heterocycles. The molecule has 9 nitrogen and oxygen atoms in total. The van der Waals surface area contributed by atoms with E-state index in [-0.39, 0.29) is 5.56 Å². The predicted octanol–water partition coefficient (Wildman–Crippen LogP) is 4.15. The van der Waals surface area contributed by atoms with E-state index in [1.54, 1.807) is 5.51 Å². The van der Waals surface area contributed by atoms with Crippen LogP contribution in [0.4, 0.5) is 23.1 Å². The monoisotopic (exact) mass is 475 g/mol. The van der Waals surface area contributed by atoms with Crippen molar-refractivity contribution < 1.29 is 9.53 Å². The molecule has 0 radical (unpaired) electrons. The Bertz CT molecular complexity index is 1290. The van der Waals surface area contributed by atoms with Gasteiger partial charge in [-0.2, -0.15) is 4.98 Å². The molecule has 3 heterocycles. The molecule has 0 saturated carbocycles. The Balaban J connectivity index is 1.28. The van der Waals surface area contributed by atoms with Gasteiger partial charge in [-0.05, 0) is 62.3 Å². The summed E-state index contributed by atoms with van der Waals surface area (Å²) in [6.07, 6.45) is 3.98. The number of hydrogen-bond acceptors (Lipinski definition) is 9. The molecule has 10 heteroatoms. The van der Waals surface area contributed by atoms with Crippen molar-refractivity contribution in [2.75, 3.05) is 36.9 Å². The second-order valence-corrected chi connectivity index (χ2v) is 8.85. The van der Waals surface area contributed by atoms with Gasteiger partial charge >= 0.3 is 0 Å². The molecule has 4 N–H and O–H groups in total. The number of aromatic nitrogens is 3. The minimum atomic E-state index is -0.610. The van der Waals surface area contributed by atoms with Crippen molar-refractivity contribution in [2.24, 2.45) is 5.73 Å². The lowest BCUT2D eigenvalue weighted by Gasteiger charge is -2.15. The van der Waals surface area contributed by atoms with Gasteiger partial charge in [0.2, 0.25) is 5.95 Å². The molecular formula is C24H25N7O2S. The Morgan fingerprint density at radius 1 is 1.09 bits per heavy atom. The van der Waals surface area contributed by atoms with Gasteiger partial charge in [-0.15, -0.1) is 11.3 Å². The summed E-state index contributed by atoms with van der Waals surface area (Å²) in [4.78, 5) is 27.5. The summed E-state index contributed by atoms with van der Waals surface area (Å²) in [6, 6.07) is 13.4. The predicted molar refractivity (Wildman–Crippen MR) is 134 cm³/mol. The van der Waals surface area contributed by atoms with Crippen LogP contribution < -0.4 is 21.1 Å². The van der Waals surface area contributed by atoms with E-state index < -0.39 is 5.91 Å². The lowest BCUT2D eigenvalue weighted by atomic mass is 10.2. The number of amides is 1. The lowest BCUT2D eigenvalue weighted by Crippen LogP contribution is -2.25. The number of primary amides is 1. The third kappa shape index (κ3) is 5.08. The van der Waals surface area contributed by atoms with E-state index in [9.17, 15) is 4.79 Å². The van der Waals surface area contributed by atoms with Crippen molar-refractivity contribution in [3.05, 3.63) is 59.7 Å². The van der Waals surface area contributed by atoms with Crippen LogP contribution in [0.25, 0.3) is 10.2 Å². The van der Waals surface area contributed by atoms with Crippen LogP contribution in [0.1, 0.15) is 23.2 Å². The Labute approximate surface area is 201 Å². The van der Waals surface area contributed by atoms with Crippen molar-refractivity contribution in [1.82, 2.24) is 19.9 Å². The number of nitrogens with zero attached hydrogens (tertiary/aromatic N) is 4. The van der Waals surface area contributed by atoms with Gasteiger partial charge in [0.05, 0.1) is 21.4 Å². The quantitative estimate of drug-likeness (QED) is 0.330. The number of likely N-dealkylation sites (tertiary alicyclic amines) is 1. The molecule has 2 aromatic carbocycles. The molecule has 1 saturated heterocycles. The van der Waals surface area contributed by atoms with Crippen LogP contribution >= 0.6 is 11.3 Å². The maximum absolute atomic E-state index is 12.0. The van der Waals surface area contributed by atoms with E-state index in [1.807, 2.05) is 42.5 Å². The van der Waals surface area contributed by atoms with Crippen molar-refractivity contribution in [3.63, 3.8) is 0 Å². The van der Waals surface area contributed by atoms with E-state index in [2.05, 4.69) is 30.5 Å². The molecule has 0 aliphatic carbocycles. The third-order valence-electron chi connectivity index (χ3n) is 5.65. The number of hydrogen-bond donors (Lipinski definition) is 3. The maximum Gasteiger partial charge on any atom is 0.254 e. The Morgan fingerprint density at radius 3 is 2.71 bits per heavy atom. The highest BCUT2D eigenvalue weighted by molar-refractivity contribution is 7.17. The summed E-state index contributed by atoms with van der Waals surface area (Å²) in [5.41, 5.74) is 9.99. The normalized spacial score (nSPS) is 13.8. The molecule has 174 valence electrons. The number of anilines is 4. The first kappa shape index (κ1) is 22.1. The largest absolute Gasteiger partial charge is 0.492 e. The zero-order chi connectivity index (χ0) is 23.3. The zero-order valence-corrected chi connectivity index (χ0v) is 19.3. The molecule has 1 aliphatic heterocycles. The van der Waals surface area contributed by atoms with Crippen LogP contribution in [-0.4, -0.2) is 52.0 Å². The molecule has 1 fully saturated rings. The SMILES string of the molecule is NC(=O)c1cnc(Nc2ccc(OCCN3CCCC3)cc2)nc1Nc1cccc2ncsc12. The van der Waals surface area contributed by atoms with Crippen LogP contribution in [0.3, 0.4) is 0 Å². The molecule has 1 amide bonds. The first-order valence-corrected chi connectivity index (χ1v) is 12.0. The molecule has 5 rings (SSSR count). The number of thiazole rings is 1. The van der Waals surface area contributed by atoms with E-state index in [0.717, 1.165) is 47.0 Å². The van der Waals surface area contributed by atoms with Crippen LogP contribution in [0.5, 0.6) is 5.75 Å². The first-order valence-electron chi connectivity index (χ1n) is 11.1. The molecular weight excluding hydrogens is 450 g/mol. The van der Waals surface area contributed by atoms with Crippen molar-refractivity contribution >= 4 is 50.6 Å².